The summed E-state index contributed by atoms with van der Waals surface area (Å²) in [6.45, 7) is 9.54. The number of carbonyl (C=O) groups is 3. The average molecular weight is 534 g/mol. The number of anilines is 1. The number of nitrogens with one attached hydrogen (secondary N) is 1. The molecular weight excluding hydrogens is 496 g/mol. The molecule has 0 aromatic heterocycles. The molecule has 1 aliphatic rings. The molecule has 206 valence electrons. The first-order valence-electron chi connectivity index (χ1n) is 13.0. The first-order valence-corrected chi connectivity index (χ1v) is 13.0. The number of carbonyl (C=O) groups excluding carboxylic acids is 3. The van der Waals surface area contributed by atoms with Gasteiger partial charge >= 0.3 is 17.9 Å². The van der Waals surface area contributed by atoms with Crippen LogP contribution < -0.4 is 5.32 Å². The summed E-state index contributed by atoms with van der Waals surface area (Å²) >= 11 is 0. The number of allylic oxidation sites excluding steroid dienone is 1. The Labute approximate surface area is 230 Å². The van der Waals surface area contributed by atoms with E-state index in [1.165, 1.54) is 23.9 Å². The van der Waals surface area contributed by atoms with Gasteiger partial charge in [-0.3, -0.25) is 9.59 Å². The van der Waals surface area contributed by atoms with Gasteiger partial charge in [-0.1, -0.05) is 36.9 Å². The molecule has 0 aliphatic carbocycles. The van der Waals surface area contributed by atoms with Gasteiger partial charge in [-0.2, -0.15) is 4.58 Å². The van der Waals surface area contributed by atoms with Crippen molar-refractivity contribution in [3.05, 3.63) is 84.1 Å². The highest BCUT2D eigenvalue weighted by Crippen LogP contribution is 2.38. The van der Waals surface area contributed by atoms with E-state index in [1.54, 1.807) is 0 Å². The maximum Gasteiger partial charge on any atom is 0.333 e. The van der Waals surface area contributed by atoms with Crippen LogP contribution in [0.4, 0.5) is 11.4 Å². The summed E-state index contributed by atoms with van der Waals surface area (Å²) in [5.41, 5.74) is 5.94. The maximum atomic E-state index is 11.9. The highest BCUT2D eigenvalue weighted by Gasteiger charge is 2.42. The molecule has 1 heterocycles. The summed E-state index contributed by atoms with van der Waals surface area (Å²) in [4.78, 5) is 34.9. The van der Waals surface area contributed by atoms with Crippen molar-refractivity contribution in [1.82, 2.24) is 0 Å². The van der Waals surface area contributed by atoms with Gasteiger partial charge < -0.3 is 19.5 Å². The van der Waals surface area contributed by atoms with Gasteiger partial charge in [0.1, 0.15) is 20.3 Å². The average Bonchev–Trinajstić information content (AvgIpc) is 3.11. The van der Waals surface area contributed by atoms with Crippen molar-refractivity contribution in [2.45, 2.75) is 45.4 Å². The van der Waals surface area contributed by atoms with Crippen LogP contribution in [0.1, 0.15) is 44.7 Å². The lowest BCUT2D eigenvalue weighted by atomic mass is 9.81. The maximum absolute atomic E-state index is 11.9. The molecule has 0 radical (unpaired) electrons. The number of ether oxygens (including phenoxy) is 3. The van der Waals surface area contributed by atoms with Crippen molar-refractivity contribution in [2.75, 3.05) is 32.2 Å². The van der Waals surface area contributed by atoms with Crippen molar-refractivity contribution < 1.29 is 33.2 Å². The minimum absolute atomic E-state index is 0.0593. The summed E-state index contributed by atoms with van der Waals surface area (Å²) in [5.74, 6) is -1.57. The summed E-state index contributed by atoms with van der Waals surface area (Å²) in [6.07, 6.45) is 4.46. The minimum Gasteiger partial charge on any atom is -0.465 e. The van der Waals surface area contributed by atoms with Crippen LogP contribution in [0, 0.1) is 0 Å². The lowest BCUT2D eigenvalue weighted by molar-refractivity contribution is -0.401. The van der Waals surface area contributed by atoms with E-state index in [2.05, 4.69) is 67.7 Å². The van der Waals surface area contributed by atoms with Crippen molar-refractivity contribution >= 4 is 35.0 Å². The molecule has 0 saturated carbocycles. The predicted molar refractivity (Wildman–Crippen MR) is 150 cm³/mol. The molecule has 8 heteroatoms. The quantitative estimate of drug-likeness (QED) is 0.129. The number of fused-ring (bicyclic) bond motifs is 1. The Morgan fingerprint density at radius 1 is 0.923 bits per heavy atom. The van der Waals surface area contributed by atoms with Crippen LogP contribution >= 0.6 is 0 Å². The van der Waals surface area contributed by atoms with Gasteiger partial charge in [0, 0.05) is 41.6 Å². The van der Waals surface area contributed by atoms with Crippen LogP contribution in [0.15, 0.2) is 73.0 Å². The third-order valence-electron chi connectivity index (χ3n) is 6.50. The monoisotopic (exact) mass is 533 g/mol. The van der Waals surface area contributed by atoms with Gasteiger partial charge in [0.25, 0.3) is 0 Å². The minimum atomic E-state index is -0.554. The molecule has 0 bridgehead atoms. The molecule has 8 nitrogen and oxygen atoms in total. The summed E-state index contributed by atoms with van der Waals surface area (Å²) in [7, 11) is 2.09. The summed E-state index contributed by atoms with van der Waals surface area (Å²) in [6, 6.07) is 16.4. The summed E-state index contributed by atoms with van der Waals surface area (Å²) < 4.78 is 17.2. The molecule has 3 rings (SSSR count). The number of esters is 3. The third-order valence-corrected chi connectivity index (χ3v) is 6.50. The Balaban J connectivity index is 1.35. The van der Waals surface area contributed by atoms with E-state index < -0.39 is 17.9 Å². The molecular formula is C31H37N2O6+. The molecule has 0 amide bonds. The van der Waals surface area contributed by atoms with E-state index in [-0.39, 0.29) is 43.7 Å². The van der Waals surface area contributed by atoms with Crippen LogP contribution in [-0.2, 0) is 40.4 Å². The van der Waals surface area contributed by atoms with Crippen LogP contribution in [-0.4, -0.2) is 55.1 Å². The van der Waals surface area contributed by atoms with Crippen molar-refractivity contribution in [3.63, 3.8) is 0 Å². The molecule has 0 atom stereocenters. The number of para-hydroxylation sites is 1. The molecule has 0 spiro atoms. The van der Waals surface area contributed by atoms with Gasteiger partial charge in [0.05, 0.1) is 24.9 Å². The number of hydrogen-bond acceptors (Lipinski definition) is 7. The zero-order valence-electron chi connectivity index (χ0n) is 23.1. The van der Waals surface area contributed by atoms with E-state index >= 15 is 0 Å². The normalized spacial score (nSPS) is 13.6. The summed E-state index contributed by atoms with van der Waals surface area (Å²) in [5, 5.41) is 3.33. The van der Waals surface area contributed by atoms with Crippen LogP contribution in [0.2, 0.25) is 0 Å². The topological polar surface area (TPSA) is 93.9 Å². The van der Waals surface area contributed by atoms with Gasteiger partial charge in [0.15, 0.2) is 5.71 Å². The fourth-order valence-corrected chi connectivity index (χ4v) is 4.33. The number of hydrogen-bond donors (Lipinski definition) is 1. The van der Waals surface area contributed by atoms with Crippen LogP contribution in [0.25, 0.3) is 0 Å². The number of benzene rings is 2. The Hall–Kier alpha value is -4.20. The van der Waals surface area contributed by atoms with E-state index in [1.807, 2.05) is 30.5 Å². The Kier molecular flexibility index (Phi) is 10.2. The fraction of sp³-hybridized carbons (Fsp3) is 0.355. The van der Waals surface area contributed by atoms with E-state index in [4.69, 9.17) is 14.2 Å². The molecule has 0 unspecified atom stereocenters. The molecule has 2 aromatic rings. The van der Waals surface area contributed by atoms with Gasteiger partial charge in [-0.15, -0.1) is 0 Å². The first-order chi connectivity index (χ1) is 18.6. The van der Waals surface area contributed by atoms with Gasteiger partial charge in [-0.05, 0) is 38.5 Å². The van der Waals surface area contributed by atoms with Gasteiger partial charge in [0.2, 0.25) is 5.69 Å². The van der Waals surface area contributed by atoms with Gasteiger partial charge in [-0.25, -0.2) is 4.79 Å². The lowest BCUT2D eigenvalue weighted by Crippen LogP contribution is -2.26. The van der Waals surface area contributed by atoms with Crippen LogP contribution in [0.5, 0.6) is 0 Å². The largest absolute Gasteiger partial charge is 0.465 e. The highest BCUT2D eigenvalue weighted by molar-refractivity contribution is 6.03. The molecule has 0 saturated heterocycles. The second-order valence-electron chi connectivity index (χ2n) is 9.87. The molecule has 39 heavy (non-hydrogen) atoms. The van der Waals surface area contributed by atoms with Crippen molar-refractivity contribution in [3.8, 4) is 0 Å². The number of rotatable bonds is 13. The Morgan fingerprint density at radius 2 is 1.54 bits per heavy atom. The Bertz CT molecular complexity index is 1270. The fourth-order valence-electron chi connectivity index (χ4n) is 4.33. The standard InChI is InChI=1S/C31H36N2O6/c1-22(2)30(36)39-21-20-38-29(35)15-14-28(34)37-19-17-23-10-12-24(13-11-23)32-18-16-27-31(3,4)25-8-6-7-9-26(25)33(27)5/h6-13,16,18H,1,14-15,17,19-21H2,2-5H3/p+1. The third kappa shape index (κ3) is 8.14. The molecule has 1 N–H and O–H groups in total. The smallest absolute Gasteiger partial charge is 0.333 e. The lowest BCUT2D eigenvalue weighted by Gasteiger charge is -2.15. The van der Waals surface area contributed by atoms with Crippen molar-refractivity contribution in [2.24, 2.45) is 0 Å². The SMILES string of the molecule is C=C(C)C(=O)OCCOC(=O)CCC(=O)OCCc1ccc(N/C=C/C2=[N+](C)c3ccccc3C2(C)C)cc1. The van der Waals surface area contributed by atoms with Crippen molar-refractivity contribution in [1.29, 1.82) is 0 Å². The number of nitrogens with zero attached hydrogens (tertiary/aromatic N) is 1. The van der Waals surface area contributed by atoms with Crippen LogP contribution in [0.3, 0.4) is 0 Å². The van der Waals surface area contributed by atoms with E-state index in [0.29, 0.717) is 6.42 Å². The molecule has 1 aliphatic heterocycles. The molecule has 0 fully saturated rings. The molecule has 2 aromatic carbocycles. The predicted octanol–water partition coefficient (Wildman–Crippen LogP) is 4.85. The zero-order valence-corrected chi connectivity index (χ0v) is 23.1. The first kappa shape index (κ1) is 29.4. The van der Waals surface area contributed by atoms with E-state index in [0.717, 1.165) is 11.3 Å². The second kappa shape index (κ2) is 13.6. The highest BCUT2D eigenvalue weighted by atomic mass is 16.6. The Morgan fingerprint density at radius 3 is 2.18 bits per heavy atom. The van der Waals surface area contributed by atoms with E-state index in [9.17, 15) is 14.4 Å². The zero-order chi connectivity index (χ0) is 28.4. The second-order valence-corrected chi connectivity index (χ2v) is 9.87.